The van der Waals surface area contributed by atoms with E-state index < -0.39 is 0 Å². The summed E-state index contributed by atoms with van der Waals surface area (Å²) in [4.78, 5) is 5.32. The molecular weight excluding hydrogens is 494 g/mol. The first kappa shape index (κ1) is 27.0. The Balaban J connectivity index is 1.62. The molecule has 0 saturated carbocycles. The second kappa shape index (κ2) is 10.00. The molecule has 0 bridgehead atoms. The first-order chi connectivity index (χ1) is 19.5. The van der Waals surface area contributed by atoms with Crippen LogP contribution in [-0.2, 0) is 10.8 Å². The molecule has 1 nitrogen and oxygen atoms in total. The van der Waals surface area contributed by atoms with Crippen molar-refractivity contribution in [1.29, 1.82) is 0 Å². The number of fused-ring (bicyclic) bond motifs is 2. The zero-order chi connectivity index (χ0) is 28.9. The third kappa shape index (κ3) is 5.42. The van der Waals surface area contributed by atoms with Gasteiger partial charge in [0.05, 0.1) is 11.4 Å². The zero-order valence-electron chi connectivity index (χ0n) is 25.3. The van der Waals surface area contributed by atoms with Crippen molar-refractivity contribution in [2.45, 2.75) is 59.3 Å². The van der Waals surface area contributed by atoms with Gasteiger partial charge in [-0.1, -0.05) is 126 Å². The van der Waals surface area contributed by atoms with Crippen molar-refractivity contribution in [3.05, 3.63) is 126 Å². The predicted octanol–water partition coefficient (Wildman–Crippen LogP) is 11.3. The standard InChI is InChI=1S/C40H39N/c1-26-18-28-13-10-11-15-30(28)22-36(26)38-24-33(32-20-34(39(2,3)4)25-35(21-32)40(5,6)7)23-37(41-38)31-17-16-27-12-8-9-14-29(27)19-31/h8-25H,1-7H3. The summed E-state index contributed by atoms with van der Waals surface area (Å²) < 4.78 is 0. The molecule has 0 atom stereocenters. The fourth-order valence-corrected chi connectivity index (χ4v) is 5.62. The summed E-state index contributed by atoms with van der Waals surface area (Å²) in [5.41, 5.74) is 10.8. The van der Waals surface area contributed by atoms with Gasteiger partial charge >= 0.3 is 0 Å². The molecule has 0 amide bonds. The van der Waals surface area contributed by atoms with E-state index in [0.29, 0.717) is 0 Å². The van der Waals surface area contributed by atoms with E-state index in [9.17, 15) is 0 Å². The van der Waals surface area contributed by atoms with Crippen LogP contribution in [0.5, 0.6) is 0 Å². The second-order valence-corrected chi connectivity index (χ2v) is 13.5. The lowest BCUT2D eigenvalue weighted by Crippen LogP contribution is -2.16. The second-order valence-electron chi connectivity index (χ2n) is 13.5. The Hall–Kier alpha value is -4.23. The summed E-state index contributed by atoms with van der Waals surface area (Å²) in [6.45, 7) is 16.0. The number of nitrogens with zero attached hydrogens (tertiary/aromatic N) is 1. The highest BCUT2D eigenvalue weighted by molar-refractivity contribution is 5.91. The van der Waals surface area contributed by atoms with Crippen LogP contribution in [0.1, 0.15) is 58.2 Å². The van der Waals surface area contributed by atoms with Crippen LogP contribution in [0.15, 0.2) is 109 Å². The van der Waals surface area contributed by atoms with E-state index in [1.807, 2.05) is 0 Å². The van der Waals surface area contributed by atoms with E-state index >= 15 is 0 Å². The quantitative estimate of drug-likeness (QED) is 0.220. The highest BCUT2D eigenvalue weighted by Crippen LogP contribution is 2.38. The molecule has 204 valence electrons. The molecular formula is C40H39N. The smallest absolute Gasteiger partial charge is 0.0718 e. The van der Waals surface area contributed by atoms with Crippen molar-refractivity contribution in [3.8, 4) is 33.6 Å². The van der Waals surface area contributed by atoms with Gasteiger partial charge in [0.1, 0.15) is 0 Å². The molecule has 0 aliphatic heterocycles. The Morgan fingerprint density at radius 3 is 1.56 bits per heavy atom. The van der Waals surface area contributed by atoms with Gasteiger partial charge in [-0.05, 0) is 91.4 Å². The molecule has 0 radical (unpaired) electrons. The SMILES string of the molecule is Cc1cc2ccccc2cc1-c1cc(-c2cc(C(C)(C)C)cc(C(C)(C)C)c2)cc(-c2ccc3ccccc3c2)n1. The Labute approximate surface area is 244 Å². The van der Waals surface area contributed by atoms with Gasteiger partial charge in [0.15, 0.2) is 0 Å². The average Bonchev–Trinajstić information content (AvgIpc) is 2.95. The lowest BCUT2D eigenvalue weighted by Gasteiger charge is -2.26. The van der Waals surface area contributed by atoms with Crippen molar-refractivity contribution in [3.63, 3.8) is 0 Å². The highest BCUT2D eigenvalue weighted by atomic mass is 14.7. The monoisotopic (exact) mass is 533 g/mol. The minimum atomic E-state index is 0.0436. The fourth-order valence-electron chi connectivity index (χ4n) is 5.62. The minimum Gasteiger partial charge on any atom is -0.248 e. The van der Waals surface area contributed by atoms with Crippen LogP contribution in [0, 0.1) is 6.92 Å². The largest absolute Gasteiger partial charge is 0.248 e. The van der Waals surface area contributed by atoms with Crippen molar-refractivity contribution in [1.82, 2.24) is 4.98 Å². The normalized spacial score (nSPS) is 12.3. The Bertz CT molecular complexity index is 1880. The predicted molar refractivity (Wildman–Crippen MR) is 178 cm³/mol. The van der Waals surface area contributed by atoms with E-state index in [2.05, 4.69) is 158 Å². The molecule has 6 aromatic rings. The number of aromatic nitrogens is 1. The molecule has 1 heterocycles. The first-order valence-corrected chi connectivity index (χ1v) is 14.6. The van der Waals surface area contributed by atoms with Crippen molar-refractivity contribution in [2.75, 3.05) is 0 Å². The Kier molecular flexibility index (Phi) is 6.57. The molecule has 41 heavy (non-hydrogen) atoms. The summed E-state index contributed by atoms with van der Waals surface area (Å²) in [5, 5.41) is 4.96. The third-order valence-electron chi connectivity index (χ3n) is 8.24. The van der Waals surface area contributed by atoms with E-state index in [1.54, 1.807) is 0 Å². The number of pyridine rings is 1. The van der Waals surface area contributed by atoms with Gasteiger partial charge in [-0.25, -0.2) is 4.98 Å². The summed E-state index contributed by atoms with van der Waals surface area (Å²) in [6.07, 6.45) is 0. The molecule has 0 N–H and O–H groups in total. The number of aryl methyl sites for hydroxylation is 1. The van der Waals surface area contributed by atoms with Crippen molar-refractivity contribution >= 4 is 21.5 Å². The number of benzene rings is 5. The van der Waals surface area contributed by atoms with Crippen LogP contribution in [0.4, 0.5) is 0 Å². The van der Waals surface area contributed by atoms with Crippen molar-refractivity contribution in [2.24, 2.45) is 0 Å². The molecule has 0 unspecified atom stereocenters. The first-order valence-electron chi connectivity index (χ1n) is 14.6. The van der Waals surface area contributed by atoms with E-state index in [-0.39, 0.29) is 10.8 Å². The maximum Gasteiger partial charge on any atom is 0.0718 e. The highest BCUT2D eigenvalue weighted by Gasteiger charge is 2.22. The molecule has 0 aliphatic rings. The van der Waals surface area contributed by atoms with Crippen molar-refractivity contribution < 1.29 is 0 Å². The Morgan fingerprint density at radius 1 is 0.439 bits per heavy atom. The fraction of sp³-hybridized carbons (Fsp3) is 0.225. The molecule has 0 fully saturated rings. The molecule has 1 heteroatoms. The van der Waals surface area contributed by atoms with Gasteiger partial charge in [-0.15, -0.1) is 0 Å². The zero-order valence-corrected chi connectivity index (χ0v) is 25.3. The maximum atomic E-state index is 5.32. The summed E-state index contributed by atoms with van der Waals surface area (Å²) in [5.74, 6) is 0. The van der Waals surface area contributed by atoms with Gasteiger partial charge in [-0.3, -0.25) is 0 Å². The minimum absolute atomic E-state index is 0.0436. The average molecular weight is 534 g/mol. The van der Waals surface area contributed by atoms with Crippen LogP contribution in [0.3, 0.4) is 0 Å². The maximum absolute atomic E-state index is 5.32. The van der Waals surface area contributed by atoms with Crippen LogP contribution >= 0.6 is 0 Å². The topological polar surface area (TPSA) is 12.9 Å². The molecule has 1 aromatic heterocycles. The molecule has 6 rings (SSSR count). The van der Waals surface area contributed by atoms with Crippen LogP contribution in [-0.4, -0.2) is 4.98 Å². The van der Waals surface area contributed by atoms with Gasteiger partial charge in [-0.2, -0.15) is 0 Å². The number of hydrogen-bond donors (Lipinski definition) is 0. The van der Waals surface area contributed by atoms with Gasteiger partial charge in [0.25, 0.3) is 0 Å². The van der Waals surface area contributed by atoms with Gasteiger partial charge < -0.3 is 0 Å². The van der Waals surface area contributed by atoms with Crippen LogP contribution in [0.2, 0.25) is 0 Å². The van der Waals surface area contributed by atoms with E-state index in [4.69, 9.17) is 4.98 Å². The molecule has 0 aliphatic carbocycles. The van der Waals surface area contributed by atoms with E-state index in [1.165, 1.54) is 54.9 Å². The Morgan fingerprint density at radius 2 is 0.951 bits per heavy atom. The third-order valence-corrected chi connectivity index (χ3v) is 8.24. The number of rotatable bonds is 3. The van der Waals surface area contributed by atoms with Crippen LogP contribution < -0.4 is 0 Å². The summed E-state index contributed by atoms with van der Waals surface area (Å²) >= 11 is 0. The lowest BCUT2D eigenvalue weighted by atomic mass is 9.79. The van der Waals surface area contributed by atoms with Gasteiger partial charge in [0.2, 0.25) is 0 Å². The van der Waals surface area contributed by atoms with Gasteiger partial charge in [0, 0.05) is 11.1 Å². The molecule has 5 aromatic carbocycles. The number of hydrogen-bond acceptors (Lipinski definition) is 1. The van der Waals surface area contributed by atoms with E-state index in [0.717, 1.165) is 17.0 Å². The lowest BCUT2D eigenvalue weighted by molar-refractivity contribution is 0.569. The molecule has 0 saturated heterocycles. The molecule has 0 spiro atoms. The summed E-state index contributed by atoms with van der Waals surface area (Å²) in [7, 11) is 0. The van der Waals surface area contributed by atoms with Crippen LogP contribution in [0.25, 0.3) is 55.2 Å². The summed E-state index contributed by atoms with van der Waals surface area (Å²) in [6, 6.07) is 40.1.